The Morgan fingerprint density at radius 3 is 3.10 bits per heavy atom. The van der Waals surface area contributed by atoms with Gasteiger partial charge in [0.15, 0.2) is 0 Å². The van der Waals surface area contributed by atoms with Gasteiger partial charge in [-0.1, -0.05) is 11.8 Å². The lowest BCUT2D eigenvalue weighted by atomic mass is 10.0. The lowest BCUT2D eigenvalue weighted by Crippen LogP contribution is -2.68. The van der Waals surface area contributed by atoms with Gasteiger partial charge in [-0.3, -0.25) is 9.69 Å². The summed E-state index contributed by atoms with van der Waals surface area (Å²) in [6, 6.07) is -0.610. The van der Waals surface area contributed by atoms with E-state index in [1.165, 1.54) is 28.4 Å². The van der Waals surface area contributed by atoms with Gasteiger partial charge in [0.25, 0.3) is 0 Å². The van der Waals surface area contributed by atoms with E-state index in [2.05, 4.69) is 20.6 Å². The number of nitrogens with two attached hydrogens (primary N) is 1. The Bertz CT molecular complexity index is 589. The highest BCUT2D eigenvalue weighted by atomic mass is 32.2. The maximum absolute atomic E-state index is 11.7. The molecule has 0 radical (unpaired) electrons. The standard InChI is InChI=1S/C9H10N6O3S2/c10-4-6(16)15-5(8(17)18)3(1-19-7(4)15)2-20-9-11-13-14-12-9/h4,7H,1-2,10H2,(H,17,18)(H,11,12,13,14)/t4-,7-/m1/s1. The number of nitrogens with one attached hydrogen (secondary N) is 1. The molecular formula is C9H10N6O3S2. The molecule has 1 aromatic rings. The lowest BCUT2D eigenvalue weighted by molar-refractivity contribution is -0.147. The van der Waals surface area contributed by atoms with E-state index in [9.17, 15) is 14.7 Å². The number of rotatable bonds is 4. The summed E-state index contributed by atoms with van der Waals surface area (Å²) in [7, 11) is 0. The van der Waals surface area contributed by atoms with E-state index in [1.807, 2.05) is 0 Å². The second kappa shape index (κ2) is 5.07. The third kappa shape index (κ3) is 2.07. The van der Waals surface area contributed by atoms with Crippen molar-refractivity contribution in [3.63, 3.8) is 0 Å². The van der Waals surface area contributed by atoms with Crippen LogP contribution in [0.5, 0.6) is 0 Å². The third-order valence-electron chi connectivity index (χ3n) is 2.99. The summed E-state index contributed by atoms with van der Waals surface area (Å²) in [4.78, 5) is 24.4. The van der Waals surface area contributed by atoms with Crippen molar-refractivity contribution in [3.05, 3.63) is 11.3 Å². The van der Waals surface area contributed by atoms with Crippen LogP contribution < -0.4 is 5.73 Å². The fourth-order valence-corrected chi connectivity index (χ4v) is 4.22. The van der Waals surface area contributed by atoms with Gasteiger partial charge < -0.3 is 10.8 Å². The molecule has 0 spiro atoms. The molecule has 0 aromatic carbocycles. The second-order valence-electron chi connectivity index (χ2n) is 4.18. The lowest BCUT2D eigenvalue weighted by Gasteiger charge is -2.48. The van der Waals surface area contributed by atoms with Crippen LogP contribution in [0.1, 0.15) is 0 Å². The van der Waals surface area contributed by atoms with Gasteiger partial charge in [0.1, 0.15) is 17.1 Å². The minimum absolute atomic E-state index is 0.0384. The van der Waals surface area contributed by atoms with Crippen LogP contribution in [0.15, 0.2) is 16.4 Å². The van der Waals surface area contributed by atoms with Crippen molar-refractivity contribution in [3.8, 4) is 0 Å². The van der Waals surface area contributed by atoms with Gasteiger partial charge in [-0.05, 0) is 10.8 Å². The predicted octanol–water partition coefficient (Wildman–Crippen LogP) is -1.13. The zero-order valence-corrected chi connectivity index (χ0v) is 11.6. The summed E-state index contributed by atoms with van der Waals surface area (Å²) < 4.78 is 0. The number of nitrogens with zero attached hydrogens (tertiary/aromatic N) is 4. The molecule has 1 saturated heterocycles. The van der Waals surface area contributed by atoms with Gasteiger partial charge in [-0.2, -0.15) is 5.21 Å². The van der Waals surface area contributed by atoms with Crippen LogP contribution in [0.25, 0.3) is 0 Å². The smallest absolute Gasteiger partial charge is 0.352 e. The van der Waals surface area contributed by atoms with Crippen molar-refractivity contribution < 1.29 is 14.7 Å². The molecular weight excluding hydrogens is 304 g/mol. The number of carboxylic acids is 1. The minimum atomic E-state index is -1.11. The molecule has 20 heavy (non-hydrogen) atoms. The van der Waals surface area contributed by atoms with E-state index in [0.717, 1.165) is 0 Å². The fraction of sp³-hybridized carbons (Fsp3) is 0.444. The molecule has 2 atom stereocenters. The molecule has 3 heterocycles. The number of carbonyl (C=O) groups is 2. The Kier molecular flexibility index (Phi) is 3.40. The van der Waals surface area contributed by atoms with Gasteiger partial charge in [-0.15, -0.1) is 22.0 Å². The zero-order chi connectivity index (χ0) is 14.3. The molecule has 0 bridgehead atoms. The molecule has 1 amide bonds. The number of β-lactam (4-membered cyclic amide) rings is 1. The normalized spacial score (nSPS) is 25.4. The van der Waals surface area contributed by atoms with E-state index >= 15 is 0 Å². The molecule has 0 saturated carbocycles. The van der Waals surface area contributed by atoms with Crippen molar-refractivity contribution >= 4 is 35.4 Å². The molecule has 3 rings (SSSR count). The average molecular weight is 314 g/mol. The Labute approximate surface area is 121 Å². The highest BCUT2D eigenvalue weighted by Crippen LogP contribution is 2.40. The van der Waals surface area contributed by atoms with Crippen LogP contribution in [0.2, 0.25) is 0 Å². The summed E-state index contributed by atoms with van der Waals surface area (Å²) in [6.07, 6.45) is 0. The maximum Gasteiger partial charge on any atom is 0.352 e. The Morgan fingerprint density at radius 2 is 2.45 bits per heavy atom. The predicted molar refractivity (Wildman–Crippen MR) is 70.6 cm³/mol. The van der Waals surface area contributed by atoms with Crippen molar-refractivity contribution in [2.75, 3.05) is 11.5 Å². The highest BCUT2D eigenvalue weighted by Gasteiger charge is 2.51. The molecule has 2 aliphatic rings. The first-order chi connectivity index (χ1) is 9.59. The number of amides is 1. The Hall–Kier alpha value is -1.59. The number of thioether (sulfide) groups is 2. The molecule has 1 fully saturated rings. The quantitative estimate of drug-likeness (QED) is 0.465. The molecule has 4 N–H and O–H groups in total. The van der Waals surface area contributed by atoms with Gasteiger partial charge in [0.05, 0.1) is 0 Å². The minimum Gasteiger partial charge on any atom is -0.477 e. The first-order valence-electron chi connectivity index (χ1n) is 5.61. The number of hydrogen-bond donors (Lipinski definition) is 3. The molecule has 0 aliphatic carbocycles. The number of carboxylic acid groups (broad SMARTS) is 1. The van der Waals surface area contributed by atoms with Gasteiger partial charge in [-0.25, -0.2) is 4.79 Å². The fourth-order valence-electron chi connectivity index (χ4n) is 2.06. The first-order valence-corrected chi connectivity index (χ1v) is 7.65. The largest absolute Gasteiger partial charge is 0.477 e. The number of carbonyl (C=O) groups excluding carboxylic acids is 1. The second-order valence-corrected chi connectivity index (χ2v) is 6.22. The van der Waals surface area contributed by atoms with Gasteiger partial charge in [0, 0.05) is 11.5 Å². The van der Waals surface area contributed by atoms with E-state index in [1.54, 1.807) is 0 Å². The van der Waals surface area contributed by atoms with E-state index < -0.39 is 12.0 Å². The number of fused-ring (bicyclic) bond motifs is 1. The summed E-state index contributed by atoms with van der Waals surface area (Å²) in [5.41, 5.74) is 6.37. The molecule has 1 aromatic heterocycles. The molecule has 11 heteroatoms. The van der Waals surface area contributed by atoms with E-state index in [4.69, 9.17) is 5.73 Å². The number of H-pyrrole nitrogens is 1. The van der Waals surface area contributed by atoms with Gasteiger partial charge >= 0.3 is 5.97 Å². The highest BCUT2D eigenvalue weighted by molar-refractivity contribution is 8.01. The summed E-state index contributed by atoms with van der Waals surface area (Å²) in [6.45, 7) is 0. The van der Waals surface area contributed by atoms with Gasteiger partial charge in [0.2, 0.25) is 11.1 Å². The summed E-state index contributed by atoms with van der Waals surface area (Å²) in [5.74, 6) is -0.546. The van der Waals surface area contributed by atoms with Crippen LogP contribution in [0, 0.1) is 0 Å². The maximum atomic E-state index is 11.7. The van der Waals surface area contributed by atoms with Crippen LogP contribution in [-0.4, -0.2) is 65.4 Å². The molecule has 106 valence electrons. The van der Waals surface area contributed by atoms with Crippen molar-refractivity contribution in [1.29, 1.82) is 0 Å². The molecule has 9 nitrogen and oxygen atoms in total. The number of hydrogen-bond acceptors (Lipinski definition) is 8. The van der Waals surface area contributed by atoms with E-state index in [0.29, 0.717) is 22.2 Å². The molecule has 2 aliphatic heterocycles. The van der Waals surface area contributed by atoms with Crippen LogP contribution in [-0.2, 0) is 9.59 Å². The SMILES string of the molecule is N[C@@H]1C(=O)N2C(C(=O)O)=C(CSc3nn[nH]n3)CS[C@H]12. The molecule has 0 unspecified atom stereocenters. The van der Waals surface area contributed by atoms with Crippen LogP contribution in [0.3, 0.4) is 0 Å². The van der Waals surface area contributed by atoms with Crippen molar-refractivity contribution in [2.45, 2.75) is 16.6 Å². The third-order valence-corrected chi connectivity index (χ3v) is 5.28. The number of aromatic amines is 1. The van der Waals surface area contributed by atoms with Crippen LogP contribution in [0.4, 0.5) is 0 Å². The number of aromatic nitrogens is 4. The zero-order valence-electron chi connectivity index (χ0n) is 10.0. The number of aliphatic carboxylic acids is 1. The van der Waals surface area contributed by atoms with E-state index in [-0.39, 0.29) is 17.0 Å². The first kappa shape index (κ1) is 13.4. The van der Waals surface area contributed by atoms with Crippen molar-refractivity contribution in [2.24, 2.45) is 5.73 Å². The monoisotopic (exact) mass is 314 g/mol. The Balaban J connectivity index is 1.82. The number of tetrazole rings is 1. The summed E-state index contributed by atoms with van der Waals surface area (Å²) >= 11 is 2.74. The topological polar surface area (TPSA) is 138 Å². The van der Waals surface area contributed by atoms with Crippen LogP contribution >= 0.6 is 23.5 Å². The average Bonchev–Trinajstić information content (AvgIpc) is 2.96. The van der Waals surface area contributed by atoms with Crippen molar-refractivity contribution in [1.82, 2.24) is 25.5 Å². The summed E-state index contributed by atoms with van der Waals surface area (Å²) in [5, 5.41) is 22.8. The Morgan fingerprint density at radius 1 is 1.65 bits per heavy atom.